The van der Waals surface area contributed by atoms with Gasteiger partial charge in [0, 0.05) is 6.07 Å². The summed E-state index contributed by atoms with van der Waals surface area (Å²) < 4.78 is 7.37. The van der Waals surface area contributed by atoms with Gasteiger partial charge in [0.05, 0.1) is 11.7 Å². The third-order valence-corrected chi connectivity index (χ3v) is 3.83. The molecule has 108 valence electrons. The Labute approximate surface area is 131 Å². The summed E-state index contributed by atoms with van der Waals surface area (Å²) in [6.07, 6.45) is 1.67. The summed E-state index contributed by atoms with van der Waals surface area (Å²) >= 11 is 5.97. The topological polar surface area (TPSA) is 39.4 Å². The van der Waals surface area contributed by atoms with Crippen molar-refractivity contribution in [3.63, 3.8) is 0 Å². The van der Waals surface area contributed by atoms with Crippen LogP contribution >= 0.6 is 11.6 Å². The lowest BCUT2D eigenvalue weighted by molar-refractivity contribution is 0.290. The van der Waals surface area contributed by atoms with Crippen LogP contribution in [0.2, 0.25) is 5.28 Å². The first-order valence-corrected chi connectivity index (χ1v) is 7.29. The van der Waals surface area contributed by atoms with E-state index in [0.717, 1.165) is 11.1 Å². The molecule has 0 aliphatic heterocycles. The maximum absolute atomic E-state index is 5.97. The Bertz CT molecular complexity index is 959. The molecule has 0 aliphatic carbocycles. The minimum absolute atomic E-state index is 0.325. The minimum atomic E-state index is 0.325. The van der Waals surface area contributed by atoms with Crippen molar-refractivity contribution in [3.05, 3.63) is 71.6 Å². The molecule has 0 radical (unpaired) electrons. The predicted molar refractivity (Wildman–Crippen MR) is 86.3 cm³/mol. The maximum atomic E-state index is 5.97. The van der Waals surface area contributed by atoms with E-state index in [1.807, 2.05) is 30.3 Å². The van der Waals surface area contributed by atoms with Crippen LogP contribution in [0.4, 0.5) is 0 Å². The Morgan fingerprint density at radius 1 is 1.00 bits per heavy atom. The monoisotopic (exact) mass is 309 g/mol. The molecule has 0 N–H and O–H groups in total. The summed E-state index contributed by atoms with van der Waals surface area (Å²) in [4.78, 5) is 4.01. The molecular weight excluding hydrogens is 298 g/mol. The fraction of sp³-hybridized carbons (Fsp3) is 0.0588. The number of aromatic nitrogens is 3. The van der Waals surface area contributed by atoms with Crippen molar-refractivity contribution in [2.24, 2.45) is 0 Å². The summed E-state index contributed by atoms with van der Waals surface area (Å²) in [5, 5.41) is 7.04. The molecule has 0 bridgehead atoms. The molecule has 0 saturated heterocycles. The fourth-order valence-corrected chi connectivity index (χ4v) is 2.67. The van der Waals surface area contributed by atoms with Gasteiger partial charge in [-0.3, -0.25) is 0 Å². The molecule has 2 aromatic carbocycles. The van der Waals surface area contributed by atoms with Crippen molar-refractivity contribution >= 4 is 27.9 Å². The predicted octanol–water partition coefficient (Wildman–Crippen LogP) is 4.11. The second-order valence-electron chi connectivity index (χ2n) is 4.96. The molecule has 0 saturated carbocycles. The van der Waals surface area contributed by atoms with E-state index in [9.17, 15) is 0 Å². The first-order valence-electron chi connectivity index (χ1n) is 6.91. The van der Waals surface area contributed by atoms with Gasteiger partial charge in [-0.2, -0.15) is 4.52 Å². The SMILES string of the molecule is Clc1ncc2ccc(OCc3cccc4ccccc34)nn12. The van der Waals surface area contributed by atoms with Crippen LogP contribution < -0.4 is 4.74 Å². The van der Waals surface area contributed by atoms with Crippen molar-refractivity contribution in [1.29, 1.82) is 0 Å². The van der Waals surface area contributed by atoms with Crippen LogP contribution in [0.1, 0.15) is 5.56 Å². The molecule has 4 nitrogen and oxygen atoms in total. The van der Waals surface area contributed by atoms with Gasteiger partial charge in [0.25, 0.3) is 0 Å². The molecule has 0 aliphatic rings. The highest BCUT2D eigenvalue weighted by Gasteiger charge is 2.05. The van der Waals surface area contributed by atoms with Crippen LogP contribution in [0.25, 0.3) is 16.3 Å². The van der Waals surface area contributed by atoms with Crippen LogP contribution in [-0.4, -0.2) is 14.6 Å². The lowest BCUT2D eigenvalue weighted by atomic mass is 10.1. The third kappa shape index (κ3) is 2.27. The standard InChI is InChI=1S/C17H12ClN3O/c18-17-19-10-14-8-9-16(20-21(14)17)22-11-13-6-3-5-12-4-1-2-7-15(12)13/h1-10H,11H2. The molecule has 4 rings (SSSR count). The largest absolute Gasteiger partial charge is 0.472 e. The van der Waals surface area contributed by atoms with E-state index in [0.29, 0.717) is 17.8 Å². The summed E-state index contributed by atoms with van der Waals surface area (Å²) in [5.41, 5.74) is 1.96. The molecule has 0 spiro atoms. The van der Waals surface area contributed by atoms with E-state index >= 15 is 0 Å². The number of hydrogen-bond donors (Lipinski definition) is 0. The number of imidazole rings is 1. The second-order valence-corrected chi connectivity index (χ2v) is 5.30. The van der Waals surface area contributed by atoms with Gasteiger partial charge in [0.15, 0.2) is 0 Å². The highest BCUT2D eigenvalue weighted by Crippen LogP contribution is 2.20. The zero-order valence-corrected chi connectivity index (χ0v) is 12.4. The molecule has 0 unspecified atom stereocenters. The highest BCUT2D eigenvalue weighted by atomic mass is 35.5. The van der Waals surface area contributed by atoms with Crippen molar-refractivity contribution in [3.8, 4) is 5.88 Å². The van der Waals surface area contributed by atoms with Crippen molar-refractivity contribution in [2.45, 2.75) is 6.61 Å². The number of ether oxygens (including phenoxy) is 1. The van der Waals surface area contributed by atoms with Crippen LogP contribution in [0.15, 0.2) is 60.8 Å². The summed E-state index contributed by atoms with van der Waals surface area (Å²) in [6.45, 7) is 0.451. The van der Waals surface area contributed by atoms with Gasteiger partial charge in [-0.25, -0.2) is 4.98 Å². The van der Waals surface area contributed by atoms with Crippen LogP contribution in [-0.2, 0) is 6.61 Å². The van der Waals surface area contributed by atoms with Gasteiger partial charge in [0.1, 0.15) is 6.61 Å². The van der Waals surface area contributed by atoms with E-state index in [1.54, 1.807) is 10.7 Å². The van der Waals surface area contributed by atoms with Crippen molar-refractivity contribution < 1.29 is 4.74 Å². The first-order chi connectivity index (χ1) is 10.8. The number of halogens is 1. The van der Waals surface area contributed by atoms with Gasteiger partial charge in [-0.05, 0) is 34.0 Å². The van der Waals surface area contributed by atoms with Gasteiger partial charge in [0.2, 0.25) is 11.2 Å². The van der Waals surface area contributed by atoms with Crippen molar-refractivity contribution in [2.75, 3.05) is 0 Å². The smallest absolute Gasteiger partial charge is 0.232 e. The van der Waals surface area contributed by atoms with Gasteiger partial charge >= 0.3 is 0 Å². The second kappa shape index (κ2) is 5.31. The third-order valence-electron chi connectivity index (χ3n) is 3.57. The summed E-state index contributed by atoms with van der Waals surface area (Å²) in [7, 11) is 0. The average Bonchev–Trinajstić information content (AvgIpc) is 2.94. The van der Waals surface area contributed by atoms with E-state index in [2.05, 4.69) is 34.3 Å². The molecule has 2 heterocycles. The molecule has 5 heteroatoms. The summed E-state index contributed by atoms with van der Waals surface area (Å²) in [6, 6.07) is 18.1. The lowest BCUT2D eigenvalue weighted by Gasteiger charge is -2.08. The molecule has 22 heavy (non-hydrogen) atoms. The van der Waals surface area contributed by atoms with E-state index < -0.39 is 0 Å². The average molecular weight is 310 g/mol. The molecule has 2 aromatic heterocycles. The minimum Gasteiger partial charge on any atom is -0.472 e. The van der Waals surface area contributed by atoms with Crippen LogP contribution in [0.3, 0.4) is 0 Å². The number of benzene rings is 2. The van der Waals surface area contributed by atoms with Crippen molar-refractivity contribution in [1.82, 2.24) is 14.6 Å². The highest BCUT2D eigenvalue weighted by molar-refractivity contribution is 6.28. The maximum Gasteiger partial charge on any atom is 0.232 e. The van der Waals surface area contributed by atoms with E-state index in [1.165, 1.54) is 10.8 Å². The fourth-order valence-electron chi connectivity index (χ4n) is 2.48. The van der Waals surface area contributed by atoms with Gasteiger partial charge in [-0.1, -0.05) is 42.5 Å². The molecule has 0 amide bonds. The van der Waals surface area contributed by atoms with E-state index in [-0.39, 0.29) is 0 Å². The Hall–Kier alpha value is -2.59. The molecule has 0 atom stereocenters. The number of fused-ring (bicyclic) bond motifs is 2. The van der Waals surface area contributed by atoms with Gasteiger partial charge < -0.3 is 4.74 Å². The van der Waals surface area contributed by atoms with E-state index in [4.69, 9.17) is 16.3 Å². The Morgan fingerprint density at radius 2 is 1.86 bits per heavy atom. The quantitative estimate of drug-likeness (QED) is 0.571. The Kier molecular flexibility index (Phi) is 3.16. The molecule has 0 fully saturated rings. The normalized spacial score (nSPS) is 11.1. The number of hydrogen-bond acceptors (Lipinski definition) is 3. The lowest BCUT2D eigenvalue weighted by Crippen LogP contribution is -2.01. The number of rotatable bonds is 3. The van der Waals surface area contributed by atoms with Crippen LogP contribution in [0, 0.1) is 0 Å². The van der Waals surface area contributed by atoms with Gasteiger partial charge in [-0.15, -0.1) is 5.10 Å². The number of nitrogens with zero attached hydrogens (tertiary/aromatic N) is 3. The first kappa shape index (κ1) is 13.1. The zero-order valence-electron chi connectivity index (χ0n) is 11.6. The molecular formula is C17H12ClN3O. The molecule has 4 aromatic rings. The Morgan fingerprint density at radius 3 is 2.82 bits per heavy atom. The summed E-state index contributed by atoms with van der Waals surface area (Å²) in [5.74, 6) is 0.514. The van der Waals surface area contributed by atoms with Crippen LogP contribution in [0.5, 0.6) is 5.88 Å². The Balaban J connectivity index is 1.64. The zero-order chi connectivity index (χ0) is 14.9.